The van der Waals surface area contributed by atoms with Gasteiger partial charge < -0.3 is 14.6 Å². The van der Waals surface area contributed by atoms with E-state index in [9.17, 15) is 14.7 Å². The van der Waals surface area contributed by atoms with Crippen molar-refractivity contribution in [1.82, 2.24) is 14.5 Å². The summed E-state index contributed by atoms with van der Waals surface area (Å²) in [6.07, 6.45) is 2.02. The van der Waals surface area contributed by atoms with Crippen LogP contribution in [0.1, 0.15) is 51.4 Å². The van der Waals surface area contributed by atoms with E-state index in [0.29, 0.717) is 47.3 Å². The SMILES string of the molecule is CC(=O)c1ccc(CN2C3=NC=Nc4c(ncn4Cc4ccc(C(C)=O)cc4)C3=NC2O)cc1. The van der Waals surface area contributed by atoms with Crippen molar-refractivity contribution in [3.05, 3.63) is 82.8 Å². The number of hydrogen-bond donors (Lipinski definition) is 1. The fourth-order valence-electron chi connectivity index (χ4n) is 3.96. The number of aliphatic hydroxyl groups is 1. The van der Waals surface area contributed by atoms with Gasteiger partial charge in [0.05, 0.1) is 12.9 Å². The van der Waals surface area contributed by atoms with E-state index in [1.54, 1.807) is 35.5 Å². The Bertz CT molecular complexity index is 1370. The third kappa shape index (κ3) is 3.97. The van der Waals surface area contributed by atoms with Crippen molar-refractivity contribution in [3.63, 3.8) is 0 Å². The number of hydrogen-bond acceptors (Lipinski definition) is 8. The number of aliphatic imine (C=N–C) groups is 3. The first kappa shape index (κ1) is 21.6. The van der Waals surface area contributed by atoms with Crippen LogP contribution in [0.25, 0.3) is 0 Å². The van der Waals surface area contributed by atoms with Crippen molar-refractivity contribution in [2.24, 2.45) is 15.0 Å². The standard InChI is InChI=1S/C25H22N6O3/c1-15(32)19-7-3-17(4-8-19)11-30-14-28-21-22-24(27-13-26-23(21)30)31(25(34)29-22)12-18-5-9-20(10-6-18)16(2)33/h3-10,13-14,25,34H,11-12H2,1-2H3. The number of ketones is 2. The van der Waals surface area contributed by atoms with Crippen LogP contribution in [-0.2, 0) is 13.1 Å². The Morgan fingerprint density at radius 1 is 0.912 bits per heavy atom. The van der Waals surface area contributed by atoms with Gasteiger partial charge >= 0.3 is 0 Å². The van der Waals surface area contributed by atoms with Crippen molar-refractivity contribution in [3.8, 4) is 0 Å². The number of fused-ring (bicyclic) bond motifs is 3. The molecule has 0 saturated carbocycles. The number of rotatable bonds is 6. The molecule has 1 N–H and O–H groups in total. The van der Waals surface area contributed by atoms with E-state index in [1.165, 1.54) is 20.2 Å². The molecule has 2 aromatic carbocycles. The Labute approximate surface area is 195 Å². The summed E-state index contributed by atoms with van der Waals surface area (Å²) in [7, 11) is 0. The zero-order valence-corrected chi connectivity index (χ0v) is 18.7. The minimum Gasteiger partial charge on any atom is -0.355 e. The van der Waals surface area contributed by atoms with Gasteiger partial charge in [-0.05, 0) is 25.0 Å². The maximum atomic E-state index is 11.5. The second-order valence-corrected chi connectivity index (χ2v) is 8.20. The number of benzene rings is 2. The van der Waals surface area contributed by atoms with Crippen LogP contribution in [0.3, 0.4) is 0 Å². The molecule has 0 amide bonds. The molecule has 0 spiro atoms. The molecule has 1 unspecified atom stereocenters. The lowest BCUT2D eigenvalue weighted by atomic mass is 10.1. The molecule has 3 heterocycles. The zero-order chi connectivity index (χ0) is 23.8. The van der Waals surface area contributed by atoms with E-state index >= 15 is 0 Å². The predicted molar refractivity (Wildman–Crippen MR) is 128 cm³/mol. The fourth-order valence-corrected chi connectivity index (χ4v) is 3.96. The Morgan fingerprint density at radius 2 is 1.50 bits per heavy atom. The van der Waals surface area contributed by atoms with E-state index in [2.05, 4.69) is 20.0 Å². The first-order chi connectivity index (χ1) is 16.4. The summed E-state index contributed by atoms with van der Waals surface area (Å²) in [5.41, 5.74) is 4.22. The van der Waals surface area contributed by atoms with Gasteiger partial charge in [0.25, 0.3) is 0 Å². The summed E-state index contributed by atoms with van der Waals surface area (Å²) in [5, 5.41) is 10.7. The average Bonchev–Trinajstić information content (AvgIpc) is 3.29. The Hall–Kier alpha value is -4.24. The zero-order valence-electron chi connectivity index (χ0n) is 18.7. The minimum absolute atomic E-state index is 0.000595. The number of imidazole rings is 1. The normalized spacial score (nSPS) is 16.4. The highest BCUT2D eigenvalue weighted by molar-refractivity contribution is 6.50. The monoisotopic (exact) mass is 454 g/mol. The molecule has 5 rings (SSSR count). The molecule has 0 aliphatic carbocycles. The molecule has 2 aliphatic rings. The summed E-state index contributed by atoms with van der Waals surface area (Å²) in [6, 6.07) is 14.6. The molecule has 1 aromatic heterocycles. The second-order valence-electron chi connectivity index (χ2n) is 8.20. The molecule has 2 aliphatic heterocycles. The molecular weight excluding hydrogens is 432 g/mol. The molecule has 0 saturated heterocycles. The summed E-state index contributed by atoms with van der Waals surface area (Å²) < 4.78 is 1.88. The summed E-state index contributed by atoms with van der Waals surface area (Å²) in [5.74, 6) is 1.10. The van der Waals surface area contributed by atoms with Crippen LogP contribution in [0.2, 0.25) is 0 Å². The maximum absolute atomic E-state index is 11.5. The Balaban J connectivity index is 1.38. The minimum atomic E-state index is -1.11. The molecule has 9 heteroatoms. The van der Waals surface area contributed by atoms with Crippen LogP contribution < -0.4 is 0 Å². The molecule has 0 fully saturated rings. The first-order valence-electron chi connectivity index (χ1n) is 10.8. The van der Waals surface area contributed by atoms with Gasteiger partial charge in [-0.25, -0.2) is 20.0 Å². The smallest absolute Gasteiger partial charge is 0.227 e. The fraction of sp³-hybridized carbons (Fsp3) is 0.200. The van der Waals surface area contributed by atoms with E-state index in [4.69, 9.17) is 0 Å². The number of amidine groups is 1. The van der Waals surface area contributed by atoms with E-state index in [-0.39, 0.29) is 11.6 Å². The number of carbonyl (C=O) groups excluding carboxylic acids is 2. The van der Waals surface area contributed by atoms with Gasteiger partial charge in [-0.1, -0.05) is 48.5 Å². The van der Waals surface area contributed by atoms with Gasteiger partial charge in [0.2, 0.25) is 6.35 Å². The van der Waals surface area contributed by atoms with Crippen molar-refractivity contribution < 1.29 is 14.7 Å². The Kier molecular flexibility index (Phi) is 5.46. The summed E-state index contributed by atoms with van der Waals surface area (Å²) in [6.45, 7) is 3.93. The largest absolute Gasteiger partial charge is 0.355 e. The lowest BCUT2D eigenvalue weighted by Crippen LogP contribution is -2.36. The highest BCUT2D eigenvalue weighted by Crippen LogP contribution is 2.28. The topological polar surface area (TPSA) is 113 Å². The van der Waals surface area contributed by atoms with Gasteiger partial charge in [0.15, 0.2) is 23.2 Å². The highest BCUT2D eigenvalue weighted by atomic mass is 16.3. The van der Waals surface area contributed by atoms with Crippen LogP contribution in [0.5, 0.6) is 0 Å². The van der Waals surface area contributed by atoms with Crippen molar-refractivity contribution >= 4 is 35.3 Å². The predicted octanol–water partition coefficient (Wildman–Crippen LogP) is 2.99. The Morgan fingerprint density at radius 3 is 2.09 bits per heavy atom. The van der Waals surface area contributed by atoms with E-state index in [0.717, 1.165) is 11.1 Å². The van der Waals surface area contributed by atoms with Crippen LogP contribution in [-0.4, -0.2) is 55.4 Å². The first-order valence-corrected chi connectivity index (χ1v) is 10.8. The summed E-state index contributed by atoms with van der Waals surface area (Å²) in [4.78, 5) is 42.6. The highest BCUT2D eigenvalue weighted by Gasteiger charge is 2.35. The molecule has 34 heavy (non-hydrogen) atoms. The van der Waals surface area contributed by atoms with Gasteiger partial charge in [-0.2, -0.15) is 0 Å². The van der Waals surface area contributed by atoms with Crippen LogP contribution in [0.15, 0.2) is 69.8 Å². The molecule has 9 nitrogen and oxygen atoms in total. The number of nitrogens with zero attached hydrogens (tertiary/aromatic N) is 6. The van der Waals surface area contributed by atoms with E-state index < -0.39 is 6.35 Å². The van der Waals surface area contributed by atoms with Crippen LogP contribution in [0.4, 0.5) is 5.82 Å². The molecule has 170 valence electrons. The quantitative estimate of drug-likeness (QED) is 0.576. The van der Waals surface area contributed by atoms with E-state index in [1.807, 2.05) is 28.8 Å². The van der Waals surface area contributed by atoms with Gasteiger partial charge in [0, 0.05) is 17.7 Å². The average molecular weight is 454 g/mol. The molecular formula is C25H22N6O3. The van der Waals surface area contributed by atoms with Crippen molar-refractivity contribution in [2.75, 3.05) is 0 Å². The molecule has 3 aromatic rings. The van der Waals surface area contributed by atoms with Gasteiger partial charge in [0.1, 0.15) is 17.7 Å². The maximum Gasteiger partial charge on any atom is 0.227 e. The van der Waals surface area contributed by atoms with Crippen molar-refractivity contribution in [1.29, 1.82) is 0 Å². The lowest BCUT2D eigenvalue weighted by molar-refractivity contribution is 0.0658. The number of aliphatic hydroxyl groups excluding tert-OH is 1. The third-order valence-electron chi connectivity index (χ3n) is 5.83. The second kappa shape index (κ2) is 8.60. The van der Waals surface area contributed by atoms with Gasteiger partial charge in [-0.3, -0.25) is 9.59 Å². The van der Waals surface area contributed by atoms with Crippen LogP contribution >= 0.6 is 0 Å². The third-order valence-corrected chi connectivity index (χ3v) is 5.83. The number of Topliss-reactive ketones (excluding diaryl/α,β-unsaturated/α-hetero) is 2. The lowest BCUT2D eigenvalue weighted by Gasteiger charge is -2.21. The number of aromatic nitrogens is 2. The molecule has 0 radical (unpaired) electrons. The molecule has 0 bridgehead atoms. The molecule has 1 atom stereocenters. The van der Waals surface area contributed by atoms with Crippen molar-refractivity contribution in [2.45, 2.75) is 33.3 Å². The number of carbonyl (C=O) groups is 2. The van der Waals surface area contributed by atoms with Crippen LogP contribution in [0, 0.1) is 0 Å². The van der Waals surface area contributed by atoms with Gasteiger partial charge in [-0.15, -0.1) is 0 Å². The summed E-state index contributed by atoms with van der Waals surface area (Å²) >= 11 is 0.